The summed E-state index contributed by atoms with van der Waals surface area (Å²) in [7, 11) is 0. The van der Waals surface area contributed by atoms with E-state index >= 15 is 0 Å². The molecule has 3 unspecified atom stereocenters. The van der Waals surface area contributed by atoms with Gasteiger partial charge in [-0.05, 0) is 36.0 Å². The maximum Gasteiger partial charge on any atom is 0.228 e. The van der Waals surface area contributed by atoms with Gasteiger partial charge in [0, 0.05) is 11.7 Å². The van der Waals surface area contributed by atoms with Gasteiger partial charge < -0.3 is 10.6 Å². The molecule has 0 spiro atoms. The van der Waals surface area contributed by atoms with Crippen LogP contribution in [0.2, 0.25) is 5.02 Å². The Kier molecular flexibility index (Phi) is 3.63. The van der Waals surface area contributed by atoms with Gasteiger partial charge in [-0.15, -0.1) is 0 Å². The fourth-order valence-corrected chi connectivity index (χ4v) is 3.56. The van der Waals surface area contributed by atoms with Gasteiger partial charge in [0.1, 0.15) is 0 Å². The van der Waals surface area contributed by atoms with E-state index in [1.165, 1.54) is 19.3 Å². The number of amides is 1. The highest BCUT2D eigenvalue weighted by molar-refractivity contribution is 6.33. The van der Waals surface area contributed by atoms with E-state index in [2.05, 4.69) is 24.5 Å². The number of carbonyl (C=O) groups is 1. The first-order valence-corrected chi connectivity index (χ1v) is 7.81. The van der Waals surface area contributed by atoms with Crippen LogP contribution in [-0.4, -0.2) is 11.9 Å². The van der Waals surface area contributed by atoms with E-state index in [0.717, 1.165) is 22.9 Å². The minimum absolute atomic E-state index is 0.0490. The number of carbonyl (C=O) groups excluding carboxylic acids is 1. The van der Waals surface area contributed by atoms with E-state index in [-0.39, 0.29) is 5.91 Å². The molecule has 1 aromatic carbocycles. The van der Waals surface area contributed by atoms with Crippen LogP contribution in [0.3, 0.4) is 0 Å². The normalized spacial score (nSPS) is 28.9. The molecule has 1 amide bonds. The van der Waals surface area contributed by atoms with Crippen molar-refractivity contribution in [3.05, 3.63) is 22.7 Å². The van der Waals surface area contributed by atoms with Crippen molar-refractivity contribution in [3.8, 4) is 0 Å². The van der Waals surface area contributed by atoms with Gasteiger partial charge in [-0.25, -0.2) is 0 Å². The van der Waals surface area contributed by atoms with Crippen LogP contribution in [0.25, 0.3) is 0 Å². The number of halogens is 1. The Balaban J connectivity index is 1.81. The van der Waals surface area contributed by atoms with E-state index in [4.69, 9.17) is 11.6 Å². The number of nitrogens with one attached hydrogen (secondary N) is 2. The van der Waals surface area contributed by atoms with Crippen molar-refractivity contribution in [2.45, 2.75) is 45.6 Å². The van der Waals surface area contributed by atoms with E-state index in [1.54, 1.807) is 0 Å². The van der Waals surface area contributed by atoms with Gasteiger partial charge in [0.05, 0.1) is 17.1 Å². The number of hydrogen-bond donors (Lipinski definition) is 2. The number of hydrogen-bond acceptors (Lipinski definition) is 2. The Labute approximate surface area is 125 Å². The van der Waals surface area contributed by atoms with Crippen LogP contribution in [0.15, 0.2) is 12.1 Å². The third-order valence-corrected chi connectivity index (χ3v) is 5.18. The van der Waals surface area contributed by atoms with Gasteiger partial charge in [0.2, 0.25) is 5.91 Å². The highest BCUT2D eigenvalue weighted by atomic mass is 35.5. The second-order valence-corrected chi connectivity index (χ2v) is 6.64. The Morgan fingerprint density at radius 1 is 1.30 bits per heavy atom. The van der Waals surface area contributed by atoms with Gasteiger partial charge in [0.25, 0.3) is 0 Å². The molecular weight excluding hydrogens is 272 g/mol. The first kappa shape index (κ1) is 13.7. The topological polar surface area (TPSA) is 41.1 Å². The van der Waals surface area contributed by atoms with Crippen LogP contribution in [-0.2, 0) is 11.2 Å². The molecular formula is C16H21ClN2O. The molecule has 0 radical (unpaired) electrons. The Hall–Kier alpha value is -1.22. The lowest BCUT2D eigenvalue weighted by Crippen LogP contribution is -2.35. The Bertz CT molecular complexity index is 544. The summed E-state index contributed by atoms with van der Waals surface area (Å²) in [5.74, 6) is 1.44. The molecule has 20 heavy (non-hydrogen) atoms. The SMILES string of the molecule is CC1CCCC(Nc2cc3c(cc2Cl)NC(=O)C3)C1C. The van der Waals surface area contributed by atoms with Crippen LogP contribution in [0.4, 0.5) is 11.4 Å². The van der Waals surface area contributed by atoms with E-state index in [9.17, 15) is 4.79 Å². The molecule has 0 bridgehead atoms. The molecule has 0 saturated heterocycles. The summed E-state index contributed by atoms with van der Waals surface area (Å²) in [5.41, 5.74) is 2.86. The van der Waals surface area contributed by atoms with Crippen molar-refractivity contribution in [2.24, 2.45) is 11.8 Å². The number of anilines is 2. The van der Waals surface area contributed by atoms with E-state index in [0.29, 0.717) is 23.4 Å². The van der Waals surface area contributed by atoms with Crippen molar-refractivity contribution in [1.82, 2.24) is 0 Å². The Morgan fingerprint density at radius 3 is 2.90 bits per heavy atom. The summed E-state index contributed by atoms with van der Waals surface area (Å²) in [6.07, 6.45) is 4.23. The average Bonchev–Trinajstić information content (AvgIpc) is 2.74. The van der Waals surface area contributed by atoms with Crippen molar-refractivity contribution in [2.75, 3.05) is 10.6 Å². The smallest absolute Gasteiger partial charge is 0.228 e. The molecule has 2 N–H and O–H groups in total. The number of rotatable bonds is 2. The lowest BCUT2D eigenvalue weighted by Gasteiger charge is -2.35. The predicted molar refractivity (Wildman–Crippen MR) is 83.4 cm³/mol. The van der Waals surface area contributed by atoms with Crippen molar-refractivity contribution in [3.63, 3.8) is 0 Å². The molecule has 3 nitrogen and oxygen atoms in total. The monoisotopic (exact) mass is 292 g/mol. The number of benzene rings is 1. The molecule has 1 aromatic rings. The van der Waals surface area contributed by atoms with Crippen molar-refractivity contribution < 1.29 is 4.79 Å². The zero-order valence-corrected chi connectivity index (χ0v) is 12.8. The van der Waals surface area contributed by atoms with Crippen LogP contribution < -0.4 is 10.6 Å². The Morgan fingerprint density at radius 2 is 2.10 bits per heavy atom. The summed E-state index contributed by atoms with van der Waals surface area (Å²) in [6.45, 7) is 4.64. The standard InChI is InChI=1S/C16H21ClN2O/c1-9-4-3-5-13(10(9)2)18-15-6-11-7-16(20)19-14(11)8-12(15)17/h6,8-10,13,18H,3-5,7H2,1-2H3,(H,19,20). The zero-order chi connectivity index (χ0) is 14.3. The van der Waals surface area contributed by atoms with Gasteiger partial charge in [-0.1, -0.05) is 38.3 Å². The van der Waals surface area contributed by atoms with Gasteiger partial charge >= 0.3 is 0 Å². The second-order valence-electron chi connectivity index (χ2n) is 6.23. The van der Waals surface area contributed by atoms with Gasteiger partial charge in [0.15, 0.2) is 0 Å². The molecule has 108 valence electrons. The van der Waals surface area contributed by atoms with Crippen LogP contribution >= 0.6 is 11.6 Å². The molecule has 2 aliphatic rings. The van der Waals surface area contributed by atoms with Crippen molar-refractivity contribution in [1.29, 1.82) is 0 Å². The third-order valence-electron chi connectivity index (χ3n) is 4.87. The molecule has 1 saturated carbocycles. The predicted octanol–water partition coefficient (Wildman–Crippen LogP) is 4.07. The second kappa shape index (κ2) is 5.28. The molecule has 1 heterocycles. The van der Waals surface area contributed by atoms with Crippen molar-refractivity contribution >= 4 is 28.9 Å². The molecule has 1 aliphatic carbocycles. The van der Waals surface area contributed by atoms with E-state index in [1.807, 2.05) is 12.1 Å². The first-order chi connectivity index (χ1) is 9.54. The molecule has 3 rings (SSSR count). The maximum atomic E-state index is 11.4. The highest BCUT2D eigenvalue weighted by Gasteiger charge is 2.28. The van der Waals surface area contributed by atoms with E-state index < -0.39 is 0 Å². The minimum atomic E-state index is 0.0490. The first-order valence-electron chi connectivity index (χ1n) is 7.43. The summed E-state index contributed by atoms with van der Waals surface area (Å²) in [5, 5.41) is 7.13. The largest absolute Gasteiger partial charge is 0.381 e. The molecule has 3 atom stereocenters. The van der Waals surface area contributed by atoms with Gasteiger partial charge in [-0.2, -0.15) is 0 Å². The quantitative estimate of drug-likeness (QED) is 0.862. The van der Waals surface area contributed by atoms with Crippen LogP contribution in [0.5, 0.6) is 0 Å². The fraction of sp³-hybridized carbons (Fsp3) is 0.562. The lowest BCUT2D eigenvalue weighted by molar-refractivity contribution is -0.115. The summed E-state index contributed by atoms with van der Waals surface area (Å²) >= 11 is 6.35. The summed E-state index contributed by atoms with van der Waals surface area (Å²) in [4.78, 5) is 11.4. The summed E-state index contributed by atoms with van der Waals surface area (Å²) in [6, 6.07) is 4.36. The third kappa shape index (κ3) is 2.51. The minimum Gasteiger partial charge on any atom is -0.381 e. The highest BCUT2D eigenvalue weighted by Crippen LogP contribution is 2.36. The molecule has 1 fully saturated rings. The molecule has 4 heteroatoms. The number of fused-ring (bicyclic) bond motifs is 1. The fourth-order valence-electron chi connectivity index (χ4n) is 3.34. The lowest BCUT2D eigenvalue weighted by atomic mass is 9.78. The van der Waals surface area contributed by atoms with Crippen LogP contribution in [0, 0.1) is 11.8 Å². The molecule has 1 aliphatic heterocycles. The maximum absolute atomic E-state index is 11.4. The average molecular weight is 293 g/mol. The van der Waals surface area contributed by atoms with Crippen LogP contribution in [0.1, 0.15) is 38.7 Å². The van der Waals surface area contributed by atoms with Gasteiger partial charge in [-0.3, -0.25) is 4.79 Å². The summed E-state index contributed by atoms with van der Waals surface area (Å²) < 4.78 is 0. The molecule has 0 aromatic heterocycles. The zero-order valence-electron chi connectivity index (χ0n) is 12.0.